The fraction of sp³-hybridized carbons (Fsp3) is 0. The van der Waals surface area contributed by atoms with Gasteiger partial charge in [-0.3, -0.25) is 0 Å². The van der Waals surface area contributed by atoms with E-state index in [0.717, 1.165) is 0 Å². The minimum absolute atomic E-state index is 1.47. The second-order valence-corrected chi connectivity index (χ2v) is 22.8. The Morgan fingerprint density at radius 3 is 0.857 bits per heavy atom. The fourth-order valence-corrected chi connectivity index (χ4v) is 0. The van der Waals surface area contributed by atoms with Crippen LogP contribution in [0.4, 0.5) is 0 Å². The van der Waals surface area contributed by atoms with Gasteiger partial charge in [0.1, 0.15) is 0 Å². The predicted molar refractivity (Wildman–Crippen MR) is 29.3 cm³/mol. The van der Waals surface area contributed by atoms with Crippen LogP contribution >= 0.6 is 43.4 Å². The van der Waals surface area contributed by atoms with Crippen LogP contribution < -0.4 is 0 Å². The number of hydrogen-bond acceptors (Lipinski definition) is 0. The summed E-state index contributed by atoms with van der Waals surface area (Å²) in [5.41, 5.74) is 0. The average Bonchev–Trinajstić information content (AvgIpc) is 1.36. The molecule has 0 N–H and O–H groups in total. The average molecular weight is 316 g/mol. The Kier molecular flexibility index (Phi) is 13.0. The first-order valence-corrected chi connectivity index (χ1v) is 15.8. The van der Waals surface area contributed by atoms with Crippen LogP contribution in [0.5, 0.6) is 0 Å². The van der Waals surface area contributed by atoms with Gasteiger partial charge in [-0.25, -0.2) is 0 Å². The zero-order valence-electron chi connectivity index (χ0n) is 2.89. The summed E-state index contributed by atoms with van der Waals surface area (Å²) in [4.78, 5) is 0. The second kappa shape index (κ2) is 7.16. The normalized spacial score (nSPS) is 9.14. The van der Waals surface area contributed by atoms with Gasteiger partial charge < -0.3 is 0 Å². The van der Waals surface area contributed by atoms with Crippen molar-refractivity contribution >= 4 is 43.4 Å². The molecule has 0 heterocycles. The first-order valence-electron chi connectivity index (χ1n) is 0.945. The fourth-order valence-electron chi connectivity index (χ4n) is 0. The van der Waals surface area contributed by atoms with Crippen molar-refractivity contribution in [1.82, 2.24) is 0 Å². The summed E-state index contributed by atoms with van der Waals surface area (Å²) < 4.78 is 0. The summed E-state index contributed by atoms with van der Waals surface area (Å²) in [5, 5.41) is 0. The van der Waals surface area contributed by atoms with Gasteiger partial charge in [-0.2, -0.15) is 0 Å². The van der Waals surface area contributed by atoms with Gasteiger partial charge in [-0.1, -0.05) is 0 Å². The molecule has 7 heavy (non-hydrogen) atoms. The maximum atomic E-state index is 5.04. The monoisotopic (exact) mass is 313 g/mol. The van der Waals surface area contributed by atoms with Gasteiger partial charge >= 0.3 is 78.2 Å². The van der Waals surface area contributed by atoms with E-state index >= 15 is 0 Å². The third-order valence-electron chi connectivity index (χ3n) is 0. The Balaban J connectivity index is 0. The van der Waals surface area contributed by atoms with Gasteiger partial charge in [0, 0.05) is 0 Å². The molecule has 0 unspecified atom stereocenters. The molecule has 0 aromatic rings. The molecule has 0 rings (SSSR count). The third kappa shape index (κ3) is 48.4. The summed E-state index contributed by atoms with van der Waals surface area (Å²) in [6.07, 6.45) is 0. The molecule has 0 amide bonds. The zero-order chi connectivity index (χ0) is 6.50. The van der Waals surface area contributed by atoms with E-state index in [1.165, 1.54) is 19.4 Å². The van der Waals surface area contributed by atoms with Crippen molar-refractivity contribution in [3.8, 4) is 0 Å². The Bertz CT molecular complexity index is 23.6. The molecule has 0 bridgehead atoms. The van der Waals surface area contributed by atoms with Crippen molar-refractivity contribution in [3.63, 3.8) is 0 Å². The molecule has 0 saturated carbocycles. The van der Waals surface area contributed by atoms with Crippen molar-refractivity contribution in [1.29, 1.82) is 0 Å². The summed E-state index contributed by atoms with van der Waals surface area (Å²) in [7, 11) is 24.8. The van der Waals surface area contributed by atoms with Crippen LogP contribution in [-0.2, 0) is 34.9 Å². The molecule has 0 atom stereocenters. The van der Waals surface area contributed by atoms with E-state index in [4.69, 9.17) is 34.1 Å². The van der Waals surface area contributed by atoms with Gasteiger partial charge in [0.15, 0.2) is 0 Å². The quantitative estimate of drug-likeness (QED) is 0.601. The van der Waals surface area contributed by atoms with E-state index in [2.05, 4.69) is 9.30 Å². The van der Waals surface area contributed by atoms with Crippen molar-refractivity contribution in [3.05, 3.63) is 0 Å². The Morgan fingerprint density at radius 1 is 0.857 bits per heavy atom. The first-order chi connectivity index (χ1) is 3.00. The Morgan fingerprint density at radius 2 is 0.857 bits per heavy atom. The van der Waals surface area contributed by atoms with Gasteiger partial charge in [0.05, 0.1) is 0 Å². The zero-order valence-corrected chi connectivity index (χ0v) is 10.7. The molecule has 0 fully saturated rings. The van der Waals surface area contributed by atoms with E-state index in [1.807, 2.05) is 0 Å². The van der Waals surface area contributed by atoms with E-state index in [9.17, 15) is 0 Å². The summed E-state index contributed by atoms with van der Waals surface area (Å²) in [6.45, 7) is 0. The molecule has 7 heteroatoms. The van der Waals surface area contributed by atoms with Crippen molar-refractivity contribution < 1.29 is 34.9 Å². The van der Waals surface area contributed by atoms with Gasteiger partial charge in [0.2, 0.25) is 0 Å². The molecule has 0 aliphatic heterocycles. The summed E-state index contributed by atoms with van der Waals surface area (Å²) >= 11 is -1.82. The molecular weight excluding hydrogens is 316 g/mol. The van der Waals surface area contributed by atoms with E-state index < -0.39 is 15.5 Å². The van der Waals surface area contributed by atoms with Crippen LogP contribution in [0.15, 0.2) is 0 Å². The van der Waals surface area contributed by atoms with E-state index in [-0.39, 0.29) is 0 Å². The topological polar surface area (TPSA) is 0 Å². The number of rotatable bonds is 0. The van der Waals surface area contributed by atoms with Crippen LogP contribution in [-0.4, -0.2) is 0 Å². The first kappa shape index (κ1) is 12.7. The molecule has 0 saturated heterocycles. The standard InChI is InChI=1S/5ClH.Ti.Zr/h5*1H;;/q;;;;;+1;+4/p-5. The van der Waals surface area contributed by atoms with E-state index in [1.54, 1.807) is 0 Å². The van der Waals surface area contributed by atoms with Crippen molar-refractivity contribution in [2.45, 2.75) is 0 Å². The number of halogens is 5. The minimum atomic E-state index is -3.29. The van der Waals surface area contributed by atoms with Crippen LogP contribution in [0.25, 0.3) is 0 Å². The molecule has 0 nitrogen and oxygen atoms in total. The SMILES string of the molecule is [Cl][Ti].[Cl][Zr]([Cl])([Cl])[Cl]. The van der Waals surface area contributed by atoms with Crippen molar-refractivity contribution in [2.24, 2.45) is 0 Å². The molecule has 0 aliphatic rings. The Labute approximate surface area is 76.7 Å². The summed E-state index contributed by atoms with van der Waals surface area (Å²) in [5.74, 6) is 0. The third-order valence-corrected chi connectivity index (χ3v) is 0. The second-order valence-electron chi connectivity index (χ2n) is 0.429. The maximum absolute atomic E-state index is 5.04. The predicted octanol–water partition coefficient (Wildman–Crippen LogP) is 3.44. The van der Waals surface area contributed by atoms with Crippen LogP contribution in [0.2, 0.25) is 0 Å². The molecule has 0 aromatic heterocycles. The van der Waals surface area contributed by atoms with E-state index in [0.29, 0.717) is 0 Å². The molecule has 0 radical (unpaired) electrons. The molecule has 43 valence electrons. The molecular formula is Cl5TiZr. The van der Waals surface area contributed by atoms with Crippen molar-refractivity contribution in [2.75, 3.05) is 0 Å². The molecule has 0 aliphatic carbocycles. The van der Waals surface area contributed by atoms with Crippen LogP contribution in [0.3, 0.4) is 0 Å². The number of hydrogen-bond donors (Lipinski definition) is 0. The molecule has 0 spiro atoms. The van der Waals surface area contributed by atoms with Crippen LogP contribution in [0.1, 0.15) is 0 Å². The van der Waals surface area contributed by atoms with Gasteiger partial charge in [-0.05, 0) is 0 Å². The summed E-state index contributed by atoms with van der Waals surface area (Å²) in [6, 6.07) is 0. The van der Waals surface area contributed by atoms with Gasteiger partial charge in [0.25, 0.3) is 0 Å². The Hall–Kier alpha value is 3.05. The molecule has 0 aromatic carbocycles. The van der Waals surface area contributed by atoms with Gasteiger partial charge in [-0.15, -0.1) is 0 Å². The van der Waals surface area contributed by atoms with Crippen LogP contribution in [0, 0.1) is 0 Å².